The molecule has 0 aliphatic heterocycles. The summed E-state index contributed by atoms with van der Waals surface area (Å²) >= 11 is 3.18. The zero-order valence-electron chi connectivity index (χ0n) is 10.3. The maximum Gasteiger partial charge on any atom is 0.337 e. The average molecular weight is 340 g/mol. The lowest BCUT2D eigenvalue weighted by Gasteiger charge is -2.09. The fourth-order valence-corrected chi connectivity index (χ4v) is 1.83. The number of carbonyl (C=O) groups is 2. The molecule has 3 N–H and O–H groups in total. The van der Waals surface area contributed by atoms with Crippen LogP contribution < -0.4 is 10.6 Å². The summed E-state index contributed by atoms with van der Waals surface area (Å²) in [6, 6.07) is 3.92. The van der Waals surface area contributed by atoms with Gasteiger partial charge in [-0.3, -0.25) is 5.32 Å². The molecule has 9 heteroatoms. The molecule has 2 aromatic rings. The van der Waals surface area contributed by atoms with Crippen molar-refractivity contribution in [2.75, 3.05) is 10.6 Å². The number of carboxylic acids is 1. The van der Waals surface area contributed by atoms with Gasteiger partial charge in [0.1, 0.15) is 6.33 Å². The lowest BCUT2D eigenvalue weighted by atomic mass is 10.2. The lowest BCUT2D eigenvalue weighted by Crippen LogP contribution is -2.22. The number of amides is 2. The predicted molar refractivity (Wildman–Crippen MR) is 74.7 cm³/mol. The fourth-order valence-electron chi connectivity index (χ4n) is 1.47. The van der Waals surface area contributed by atoms with Crippen LogP contribution in [0.3, 0.4) is 0 Å². The number of hydrogen-bond acceptors (Lipinski definition) is 4. The third kappa shape index (κ3) is 3.12. The van der Waals surface area contributed by atoms with Crippen LogP contribution in [0, 0.1) is 0 Å². The Bertz CT molecular complexity index is 670. The third-order valence-electron chi connectivity index (χ3n) is 2.40. The molecule has 104 valence electrons. The number of aryl methyl sites for hydroxylation is 1. The first-order chi connectivity index (χ1) is 9.47. The number of urea groups is 1. The van der Waals surface area contributed by atoms with Crippen LogP contribution >= 0.6 is 15.9 Å². The Morgan fingerprint density at radius 3 is 2.70 bits per heavy atom. The summed E-state index contributed by atoms with van der Waals surface area (Å²) < 4.78 is 1.98. The minimum absolute atomic E-state index is 0.0208. The van der Waals surface area contributed by atoms with Gasteiger partial charge in [-0.25, -0.2) is 14.3 Å². The molecule has 0 bridgehead atoms. The normalized spacial score (nSPS) is 10.1. The summed E-state index contributed by atoms with van der Waals surface area (Å²) in [5, 5.41) is 17.8. The molecular formula is C11H10BrN5O3. The van der Waals surface area contributed by atoms with E-state index in [9.17, 15) is 9.59 Å². The quantitative estimate of drug-likeness (QED) is 0.791. The van der Waals surface area contributed by atoms with Crippen molar-refractivity contribution in [2.45, 2.75) is 0 Å². The zero-order chi connectivity index (χ0) is 14.7. The van der Waals surface area contributed by atoms with E-state index in [0.717, 1.165) is 0 Å². The molecule has 0 spiro atoms. The molecule has 0 fully saturated rings. The summed E-state index contributed by atoms with van der Waals surface area (Å²) in [5.74, 6) is -0.892. The average Bonchev–Trinajstić information content (AvgIpc) is 2.77. The maximum absolute atomic E-state index is 11.8. The Morgan fingerprint density at radius 2 is 2.10 bits per heavy atom. The number of benzene rings is 1. The number of anilines is 2. The molecule has 20 heavy (non-hydrogen) atoms. The zero-order valence-corrected chi connectivity index (χ0v) is 11.9. The topological polar surface area (TPSA) is 109 Å². The second-order valence-corrected chi connectivity index (χ2v) is 4.70. The number of nitrogens with zero attached hydrogens (tertiary/aromatic N) is 3. The fraction of sp³-hybridized carbons (Fsp3) is 0.0909. The summed E-state index contributed by atoms with van der Waals surface area (Å²) in [7, 11) is 1.62. The Labute approximate surface area is 121 Å². The SMILES string of the molecule is Cn1ncnc1NC(=O)Nc1ccc(Br)cc1C(=O)O. The molecule has 0 radical (unpaired) electrons. The van der Waals surface area contributed by atoms with Crippen molar-refractivity contribution in [1.82, 2.24) is 14.8 Å². The van der Waals surface area contributed by atoms with Gasteiger partial charge in [0, 0.05) is 11.5 Å². The van der Waals surface area contributed by atoms with Crippen molar-refractivity contribution in [1.29, 1.82) is 0 Å². The van der Waals surface area contributed by atoms with Crippen LogP contribution in [0.1, 0.15) is 10.4 Å². The van der Waals surface area contributed by atoms with Crippen LogP contribution in [0.15, 0.2) is 29.0 Å². The van der Waals surface area contributed by atoms with Gasteiger partial charge in [0.2, 0.25) is 5.95 Å². The minimum Gasteiger partial charge on any atom is -0.478 e. The summed E-state index contributed by atoms with van der Waals surface area (Å²) in [5.41, 5.74) is 0.160. The molecular weight excluding hydrogens is 330 g/mol. The van der Waals surface area contributed by atoms with Crippen LogP contribution in [-0.4, -0.2) is 31.9 Å². The standard InChI is InChI=1S/C11H10BrN5O3/c1-17-10(13-5-14-17)16-11(20)15-8-3-2-6(12)4-7(8)9(18)19/h2-5H,1H3,(H,18,19)(H2,13,14,15,16,20). The van der Waals surface area contributed by atoms with Gasteiger partial charge in [0.25, 0.3) is 0 Å². The molecule has 0 atom stereocenters. The van der Waals surface area contributed by atoms with Gasteiger partial charge in [0.15, 0.2) is 0 Å². The number of aromatic nitrogens is 3. The number of aromatic carboxylic acids is 1. The number of carbonyl (C=O) groups excluding carboxylic acids is 1. The number of halogens is 1. The second kappa shape index (κ2) is 5.70. The first-order valence-electron chi connectivity index (χ1n) is 5.42. The number of nitrogens with one attached hydrogen (secondary N) is 2. The van der Waals surface area contributed by atoms with Crippen molar-refractivity contribution >= 4 is 39.6 Å². The van der Waals surface area contributed by atoms with E-state index in [4.69, 9.17) is 5.11 Å². The summed E-state index contributed by atoms with van der Waals surface area (Å²) in [6.07, 6.45) is 1.29. The Balaban J connectivity index is 2.16. The molecule has 1 heterocycles. The van der Waals surface area contributed by atoms with Crippen LogP contribution in [0.4, 0.5) is 16.4 Å². The van der Waals surface area contributed by atoms with Crippen LogP contribution in [0.2, 0.25) is 0 Å². The molecule has 2 amide bonds. The third-order valence-corrected chi connectivity index (χ3v) is 2.89. The largest absolute Gasteiger partial charge is 0.478 e. The number of carboxylic acid groups (broad SMARTS) is 1. The van der Waals surface area contributed by atoms with Gasteiger partial charge in [-0.1, -0.05) is 15.9 Å². The predicted octanol–water partition coefficient (Wildman–Crippen LogP) is 1.92. The van der Waals surface area contributed by atoms with Crippen LogP contribution in [-0.2, 0) is 7.05 Å². The molecule has 0 unspecified atom stereocenters. The van der Waals surface area contributed by atoms with Crippen molar-refractivity contribution < 1.29 is 14.7 Å². The molecule has 0 saturated heterocycles. The van der Waals surface area contributed by atoms with E-state index in [-0.39, 0.29) is 17.2 Å². The number of hydrogen-bond donors (Lipinski definition) is 3. The smallest absolute Gasteiger partial charge is 0.337 e. The van der Waals surface area contributed by atoms with E-state index in [2.05, 4.69) is 36.6 Å². The highest BCUT2D eigenvalue weighted by Gasteiger charge is 2.14. The highest BCUT2D eigenvalue weighted by atomic mass is 79.9. The van der Waals surface area contributed by atoms with Gasteiger partial charge in [-0.2, -0.15) is 10.1 Å². The summed E-state index contributed by atoms with van der Waals surface area (Å²) in [4.78, 5) is 26.7. The highest BCUT2D eigenvalue weighted by Crippen LogP contribution is 2.21. The first kappa shape index (κ1) is 14.0. The molecule has 1 aromatic carbocycles. The van der Waals surface area contributed by atoms with Gasteiger partial charge in [-0.15, -0.1) is 0 Å². The Hall–Kier alpha value is -2.42. The van der Waals surface area contributed by atoms with Gasteiger partial charge < -0.3 is 10.4 Å². The number of rotatable bonds is 3. The van der Waals surface area contributed by atoms with Gasteiger partial charge in [-0.05, 0) is 18.2 Å². The van der Waals surface area contributed by atoms with Gasteiger partial charge >= 0.3 is 12.0 Å². The van der Waals surface area contributed by atoms with Crippen LogP contribution in [0.25, 0.3) is 0 Å². The molecule has 1 aromatic heterocycles. The molecule has 0 aliphatic carbocycles. The maximum atomic E-state index is 11.8. The molecule has 0 saturated carbocycles. The highest BCUT2D eigenvalue weighted by molar-refractivity contribution is 9.10. The van der Waals surface area contributed by atoms with E-state index in [1.165, 1.54) is 23.1 Å². The van der Waals surface area contributed by atoms with E-state index in [0.29, 0.717) is 4.47 Å². The molecule has 2 rings (SSSR count). The van der Waals surface area contributed by atoms with Crippen molar-refractivity contribution in [2.24, 2.45) is 7.05 Å². The first-order valence-corrected chi connectivity index (χ1v) is 6.21. The Morgan fingerprint density at radius 1 is 1.35 bits per heavy atom. The second-order valence-electron chi connectivity index (χ2n) is 3.78. The minimum atomic E-state index is -1.14. The molecule has 0 aliphatic rings. The monoisotopic (exact) mass is 339 g/mol. The van der Waals surface area contributed by atoms with Crippen LogP contribution in [0.5, 0.6) is 0 Å². The van der Waals surface area contributed by atoms with Crippen molar-refractivity contribution in [3.63, 3.8) is 0 Å². The van der Waals surface area contributed by atoms with Crippen molar-refractivity contribution in [3.8, 4) is 0 Å². The van der Waals surface area contributed by atoms with E-state index < -0.39 is 12.0 Å². The van der Waals surface area contributed by atoms with E-state index in [1.807, 2.05) is 0 Å². The Kier molecular flexibility index (Phi) is 3.99. The van der Waals surface area contributed by atoms with E-state index >= 15 is 0 Å². The van der Waals surface area contributed by atoms with Gasteiger partial charge in [0.05, 0.1) is 11.3 Å². The summed E-state index contributed by atoms with van der Waals surface area (Å²) in [6.45, 7) is 0. The lowest BCUT2D eigenvalue weighted by molar-refractivity contribution is 0.0698. The molecule has 8 nitrogen and oxygen atoms in total. The van der Waals surface area contributed by atoms with E-state index in [1.54, 1.807) is 13.1 Å². The van der Waals surface area contributed by atoms with Crippen molar-refractivity contribution in [3.05, 3.63) is 34.6 Å².